The van der Waals surface area contributed by atoms with Crippen molar-refractivity contribution < 1.29 is 19.7 Å². The molecular weight excluding hydrogens is 412 g/mol. The van der Waals surface area contributed by atoms with Crippen LogP contribution in [0, 0.1) is 40.4 Å². The zero-order valence-corrected chi connectivity index (χ0v) is 21.6. The third-order valence-corrected chi connectivity index (χ3v) is 12.3. The van der Waals surface area contributed by atoms with Gasteiger partial charge in [-0.25, -0.2) is 0 Å². The molecule has 0 aromatic carbocycles. The second kappa shape index (κ2) is 6.87. The summed E-state index contributed by atoms with van der Waals surface area (Å²) in [6.07, 6.45) is 12.2. The molecule has 2 N–H and O–H groups in total. The Morgan fingerprint density at radius 2 is 1.76 bits per heavy atom. The molecule has 0 unspecified atom stereocenters. The van der Waals surface area contributed by atoms with Gasteiger partial charge in [-0.15, -0.1) is 0 Å². The summed E-state index contributed by atoms with van der Waals surface area (Å²) in [5, 5.41) is 22.2. The van der Waals surface area contributed by atoms with Crippen LogP contribution in [0.3, 0.4) is 0 Å². The Labute approximate surface area is 200 Å². The largest absolute Gasteiger partial charge is 0.393 e. The molecule has 0 aromatic heterocycles. The second-order valence-electron chi connectivity index (χ2n) is 13.6. The van der Waals surface area contributed by atoms with E-state index in [0.29, 0.717) is 36.0 Å². The molecule has 4 aliphatic carbocycles. The Morgan fingerprint density at radius 3 is 2.45 bits per heavy atom. The highest BCUT2D eigenvalue weighted by Crippen LogP contribution is 2.85. The maximum atomic E-state index is 11.8. The van der Waals surface area contributed by atoms with Crippen LogP contribution >= 0.6 is 0 Å². The van der Waals surface area contributed by atoms with Crippen molar-refractivity contribution in [1.82, 2.24) is 0 Å². The Bertz CT molecular complexity index is 855. The van der Waals surface area contributed by atoms with Crippen LogP contribution in [-0.2, 0) is 9.47 Å². The van der Waals surface area contributed by atoms with Gasteiger partial charge in [0.25, 0.3) is 0 Å². The quantitative estimate of drug-likeness (QED) is 0.436. The first-order chi connectivity index (χ1) is 15.5. The number of aliphatic hydroxyl groups is 2. The van der Waals surface area contributed by atoms with Gasteiger partial charge in [-0.05, 0) is 80.0 Å². The maximum absolute atomic E-state index is 11.8. The van der Waals surface area contributed by atoms with Gasteiger partial charge < -0.3 is 19.7 Å². The highest BCUT2D eigenvalue weighted by Gasteiger charge is 2.97. The SMILES string of the molecule is CC[C@@H](/C=C/[C@H](C)[C@H]1CC[C@@H]2[C@]1(C)CC[C@@]13O[C@@]21[C@H](O)[C@@H]1O[C@@]12C[C@@H](O)CC[C@]32C)C(C)C. The van der Waals surface area contributed by atoms with E-state index >= 15 is 0 Å². The molecule has 2 saturated heterocycles. The summed E-state index contributed by atoms with van der Waals surface area (Å²) in [5.41, 5.74) is -0.985. The molecule has 0 amide bonds. The molecule has 186 valence electrons. The Balaban J connectivity index is 1.30. The van der Waals surface area contributed by atoms with E-state index < -0.39 is 11.7 Å². The van der Waals surface area contributed by atoms with Gasteiger partial charge in [0.1, 0.15) is 29.0 Å². The fourth-order valence-corrected chi connectivity index (χ4v) is 10.3. The topological polar surface area (TPSA) is 65.5 Å². The third kappa shape index (κ3) is 2.48. The summed E-state index contributed by atoms with van der Waals surface area (Å²) >= 11 is 0. The van der Waals surface area contributed by atoms with Crippen LogP contribution in [0.5, 0.6) is 0 Å². The number of hydrogen-bond acceptors (Lipinski definition) is 4. The monoisotopic (exact) mass is 458 g/mol. The predicted molar refractivity (Wildman–Crippen MR) is 129 cm³/mol. The lowest BCUT2D eigenvalue weighted by Crippen LogP contribution is -2.68. The molecule has 6 fully saturated rings. The molecule has 4 heteroatoms. The average molecular weight is 459 g/mol. The minimum atomic E-state index is -0.560. The van der Waals surface area contributed by atoms with Gasteiger partial charge in [0.2, 0.25) is 0 Å². The first kappa shape index (κ1) is 23.0. The lowest BCUT2D eigenvalue weighted by Gasteiger charge is -2.56. The smallest absolute Gasteiger partial charge is 0.130 e. The molecule has 4 saturated carbocycles. The van der Waals surface area contributed by atoms with Crippen LogP contribution in [0.15, 0.2) is 12.2 Å². The van der Waals surface area contributed by atoms with E-state index in [1.807, 2.05) is 0 Å². The Morgan fingerprint density at radius 1 is 1.00 bits per heavy atom. The number of ether oxygens (including phenoxy) is 2. The number of epoxide rings is 2. The van der Waals surface area contributed by atoms with Gasteiger partial charge in [0.15, 0.2) is 0 Å². The van der Waals surface area contributed by atoms with E-state index in [0.717, 1.165) is 25.7 Å². The van der Waals surface area contributed by atoms with Crippen molar-refractivity contribution in [1.29, 1.82) is 0 Å². The minimum absolute atomic E-state index is 0.0975. The zero-order chi connectivity index (χ0) is 23.6. The average Bonchev–Trinajstić information content (AvgIpc) is 3.63. The van der Waals surface area contributed by atoms with Gasteiger partial charge in [-0.2, -0.15) is 0 Å². The highest BCUT2D eigenvalue weighted by atomic mass is 16.7. The molecule has 12 atom stereocenters. The predicted octanol–water partition coefficient (Wildman–Crippen LogP) is 5.26. The molecule has 6 aliphatic rings. The zero-order valence-electron chi connectivity index (χ0n) is 21.6. The van der Waals surface area contributed by atoms with Crippen molar-refractivity contribution in [2.24, 2.45) is 40.4 Å². The minimum Gasteiger partial charge on any atom is -0.393 e. The molecule has 6 rings (SSSR count). The number of fused-ring (bicyclic) bond motifs is 1. The summed E-state index contributed by atoms with van der Waals surface area (Å²) in [6, 6.07) is 0. The normalized spacial score (nSPS) is 58.2. The van der Waals surface area contributed by atoms with Crippen molar-refractivity contribution in [3.63, 3.8) is 0 Å². The fourth-order valence-electron chi connectivity index (χ4n) is 10.3. The van der Waals surface area contributed by atoms with E-state index in [-0.39, 0.29) is 34.2 Å². The van der Waals surface area contributed by atoms with Crippen molar-refractivity contribution in [3.05, 3.63) is 12.2 Å². The molecular formula is C29H46O4. The first-order valence-corrected chi connectivity index (χ1v) is 14.0. The van der Waals surface area contributed by atoms with Crippen LogP contribution in [0.2, 0.25) is 0 Å². The van der Waals surface area contributed by atoms with Crippen LogP contribution < -0.4 is 0 Å². The van der Waals surface area contributed by atoms with E-state index in [4.69, 9.17) is 9.47 Å². The van der Waals surface area contributed by atoms with Crippen molar-refractivity contribution in [3.8, 4) is 0 Å². The van der Waals surface area contributed by atoms with Gasteiger partial charge >= 0.3 is 0 Å². The molecule has 0 bridgehead atoms. The molecule has 2 heterocycles. The number of allylic oxidation sites excluding steroid dienone is 2. The number of rotatable bonds is 5. The maximum Gasteiger partial charge on any atom is 0.130 e. The Kier molecular flexibility index (Phi) is 4.79. The fraction of sp³-hybridized carbons (Fsp3) is 0.931. The summed E-state index contributed by atoms with van der Waals surface area (Å²) in [7, 11) is 0. The van der Waals surface area contributed by atoms with E-state index in [1.54, 1.807) is 0 Å². The standard InChI is InChI=1S/C29H46O4/c1-7-19(17(2)3)9-8-18(4)21-10-11-22-25(21,5)14-15-28-26(6)13-12-20(30)16-27(26)24(32-27)23(31)29(22,28)33-28/h8-9,17-24,30-31H,7,10-16H2,1-6H3/b9-8+/t18-,19-,20-,21+,22+,23+,24-,25+,26-,27-,28-,29+/m0/s1. The lowest BCUT2D eigenvalue weighted by molar-refractivity contribution is -0.0911. The molecule has 33 heavy (non-hydrogen) atoms. The lowest BCUT2D eigenvalue weighted by atomic mass is 9.43. The van der Waals surface area contributed by atoms with Crippen molar-refractivity contribution in [2.45, 2.75) is 128 Å². The molecule has 0 radical (unpaired) electrons. The Hall–Kier alpha value is -0.420. The number of hydrogen-bond donors (Lipinski definition) is 2. The van der Waals surface area contributed by atoms with Crippen molar-refractivity contribution in [2.75, 3.05) is 0 Å². The van der Waals surface area contributed by atoms with Gasteiger partial charge in [0.05, 0.1) is 6.10 Å². The summed E-state index contributed by atoms with van der Waals surface area (Å²) < 4.78 is 13.3. The third-order valence-electron chi connectivity index (χ3n) is 12.3. The summed E-state index contributed by atoms with van der Waals surface area (Å²) in [5.74, 6) is 2.93. The number of aliphatic hydroxyl groups excluding tert-OH is 2. The molecule has 0 aromatic rings. The summed E-state index contributed by atoms with van der Waals surface area (Å²) in [6.45, 7) is 14.3. The van der Waals surface area contributed by atoms with Gasteiger partial charge in [-0.3, -0.25) is 0 Å². The van der Waals surface area contributed by atoms with E-state index in [1.165, 1.54) is 19.3 Å². The molecule has 2 aliphatic heterocycles. The van der Waals surface area contributed by atoms with E-state index in [9.17, 15) is 10.2 Å². The van der Waals surface area contributed by atoms with Crippen LogP contribution in [0.4, 0.5) is 0 Å². The van der Waals surface area contributed by atoms with Crippen LogP contribution in [-0.4, -0.2) is 45.3 Å². The highest BCUT2D eigenvalue weighted by molar-refractivity contribution is 5.44. The van der Waals surface area contributed by atoms with Crippen molar-refractivity contribution >= 4 is 0 Å². The van der Waals surface area contributed by atoms with Gasteiger partial charge in [0, 0.05) is 11.8 Å². The first-order valence-electron chi connectivity index (χ1n) is 14.0. The summed E-state index contributed by atoms with van der Waals surface area (Å²) in [4.78, 5) is 0. The van der Waals surface area contributed by atoms with E-state index in [2.05, 4.69) is 53.7 Å². The molecule has 1 spiro atoms. The second-order valence-corrected chi connectivity index (χ2v) is 13.6. The van der Waals surface area contributed by atoms with Gasteiger partial charge in [-0.1, -0.05) is 53.7 Å². The molecule has 4 nitrogen and oxygen atoms in total. The van der Waals surface area contributed by atoms with Crippen LogP contribution in [0.1, 0.15) is 92.9 Å². The van der Waals surface area contributed by atoms with Crippen LogP contribution in [0.25, 0.3) is 0 Å².